The molecule has 1 atom stereocenters. The monoisotopic (exact) mass is 297 g/mol. The van der Waals surface area contributed by atoms with Crippen molar-refractivity contribution in [3.63, 3.8) is 0 Å². The Balaban J connectivity index is 1.73. The van der Waals surface area contributed by atoms with E-state index in [1.165, 1.54) is 0 Å². The van der Waals surface area contributed by atoms with Gasteiger partial charge in [0.05, 0.1) is 28.2 Å². The maximum absolute atomic E-state index is 6.07. The molecule has 0 saturated carbocycles. The second kappa shape index (κ2) is 4.63. The van der Waals surface area contributed by atoms with E-state index in [-0.39, 0.29) is 6.17 Å². The predicted molar refractivity (Wildman–Crippen MR) is 79.9 cm³/mol. The number of hydrogen-bond donors (Lipinski definition) is 0. The zero-order valence-electron chi connectivity index (χ0n) is 11.4. The minimum Gasteiger partial charge on any atom is -0.267 e. The van der Waals surface area contributed by atoms with Gasteiger partial charge in [0.15, 0.2) is 0 Å². The molecule has 2 aromatic heterocycles. The molecule has 1 unspecified atom stereocenters. The van der Waals surface area contributed by atoms with Crippen LogP contribution in [0.15, 0.2) is 46.6 Å². The first kappa shape index (κ1) is 12.5. The third-order valence-electron chi connectivity index (χ3n) is 3.47. The van der Waals surface area contributed by atoms with Crippen LogP contribution in [0.1, 0.15) is 12.5 Å². The van der Waals surface area contributed by atoms with Crippen LogP contribution in [0.2, 0.25) is 5.15 Å². The van der Waals surface area contributed by atoms with Crippen LogP contribution < -0.4 is 10.7 Å². The molecule has 1 aliphatic rings. The van der Waals surface area contributed by atoms with Gasteiger partial charge in [0.25, 0.3) is 0 Å². The number of aromatic nitrogens is 3. The number of rotatable bonds is 2. The molecule has 0 amide bonds. The second-order valence-corrected chi connectivity index (χ2v) is 5.43. The molecule has 1 aromatic carbocycles. The number of nitrogens with zero attached hydrogens (tertiary/aromatic N) is 5. The van der Waals surface area contributed by atoms with Crippen LogP contribution in [-0.4, -0.2) is 20.9 Å². The van der Waals surface area contributed by atoms with Gasteiger partial charge in [-0.15, -0.1) is 0 Å². The first-order valence-electron chi connectivity index (χ1n) is 6.71. The highest BCUT2D eigenvalue weighted by atomic mass is 35.5. The van der Waals surface area contributed by atoms with E-state index < -0.39 is 0 Å². The average Bonchev–Trinajstić information content (AvgIpc) is 3.01. The van der Waals surface area contributed by atoms with Crippen molar-refractivity contribution in [2.75, 3.05) is 0 Å². The van der Waals surface area contributed by atoms with E-state index in [2.05, 4.69) is 32.2 Å². The van der Waals surface area contributed by atoms with Crippen LogP contribution in [0.5, 0.6) is 0 Å². The first-order valence-corrected chi connectivity index (χ1v) is 7.09. The molecule has 4 rings (SSSR count). The van der Waals surface area contributed by atoms with Crippen LogP contribution in [-0.2, 0) is 6.54 Å². The molecule has 0 radical (unpaired) electrons. The van der Waals surface area contributed by atoms with Gasteiger partial charge in [-0.1, -0.05) is 17.7 Å². The van der Waals surface area contributed by atoms with Gasteiger partial charge in [-0.25, -0.2) is 4.98 Å². The van der Waals surface area contributed by atoms with Crippen LogP contribution >= 0.6 is 11.6 Å². The molecule has 0 saturated heterocycles. The molecular weight excluding hydrogens is 286 g/mol. The Morgan fingerprint density at radius 3 is 2.90 bits per heavy atom. The van der Waals surface area contributed by atoms with Crippen molar-refractivity contribution in [3.05, 3.63) is 58.1 Å². The largest absolute Gasteiger partial charge is 0.267 e. The minimum atomic E-state index is 0.0208. The summed E-state index contributed by atoms with van der Waals surface area (Å²) in [5, 5.41) is 7.78. The molecule has 0 bridgehead atoms. The topological polar surface area (TPSA) is 55.4 Å². The lowest BCUT2D eigenvalue weighted by molar-refractivity contribution is 0.695. The smallest absolute Gasteiger partial charge is 0.139 e. The summed E-state index contributed by atoms with van der Waals surface area (Å²) < 4.78 is 1.87. The van der Waals surface area contributed by atoms with Crippen molar-refractivity contribution in [1.82, 2.24) is 14.8 Å². The van der Waals surface area contributed by atoms with Gasteiger partial charge in [0, 0.05) is 12.4 Å². The summed E-state index contributed by atoms with van der Waals surface area (Å²) in [4.78, 5) is 13.0. The Bertz CT molecular complexity index is 960. The van der Waals surface area contributed by atoms with Gasteiger partial charge < -0.3 is 0 Å². The number of benzene rings is 1. The van der Waals surface area contributed by atoms with Crippen molar-refractivity contribution in [2.24, 2.45) is 9.98 Å². The normalized spacial score (nSPS) is 16.6. The first-order chi connectivity index (χ1) is 10.2. The minimum absolute atomic E-state index is 0.0208. The van der Waals surface area contributed by atoms with Crippen LogP contribution in [0.4, 0.5) is 0 Å². The Morgan fingerprint density at radius 1 is 1.19 bits per heavy atom. The highest BCUT2D eigenvalue weighted by molar-refractivity contribution is 6.34. The maximum Gasteiger partial charge on any atom is 0.139 e. The number of hydrogen-bond acceptors (Lipinski definition) is 4. The van der Waals surface area contributed by atoms with E-state index in [1.54, 1.807) is 6.20 Å². The second-order valence-electron chi connectivity index (χ2n) is 5.07. The molecule has 0 fully saturated rings. The maximum atomic E-state index is 6.07. The van der Waals surface area contributed by atoms with Gasteiger partial charge in [0.2, 0.25) is 0 Å². The molecule has 0 spiro atoms. The Hall–Kier alpha value is -2.27. The summed E-state index contributed by atoms with van der Waals surface area (Å²) in [6.07, 6.45) is 3.61. The molecule has 21 heavy (non-hydrogen) atoms. The Labute approximate surface area is 125 Å². The molecule has 0 aliphatic carbocycles. The quantitative estimate of drug-likeness (QED) is 0.677. The van der Waals surface area contributed by atoms with Crippen LogP contribution in [0.25, 0.3) is 10.9 Å². The van der Waals surface area contributed by atoms with E-state index in [9.17, 15) is 0 Å². The molecule has 104 valence electrons. The summed E-state index contributed by atoms with van der Waals surface area (Å²) in [7, 11) is 0. The van der Waals surface area contributed by atoms with Crippen molar-refractivity contribution in [3.8, 4) is 0 Å². The fourth-order valence-corrected chi connectivity index (χ4v) is 2.74. The molecule has 6 heteroatoms. The number of fused-ring (bicyclic) bond motifs is 2. The number of halogens is 1. The van der Waals surface area contributed by atoms with Crippen molar-refractivity contribution in [2.45, 2.75) is 19.6 Å². The van der Waals surface area contributed by atoms with Gasteiger partial charge in [-0.3, -0.25) is 14.7 Å². The highest BCUT2D eigenvalue weighted by Crippen LogP contribution is 2.19. The van der Waals surface area contributed by atoms with E-state index in [4.69, 9.17) is 11.6 Å². The Kier molecular flexibility index (Phi) is 2.75. The van der Waals surface area contributed by atoms with E-state index in [0.29, 0.717) is 11.7 Å². The zero-order chi connectivity index (χ0) is 14.4. The standard InChI is InChI=1S/C15H12ClN5/c1-9-18-13-3-2-10(6-14(13)19-9)7-21-8-11-12(20-21)4-5-17-15(11)16/h2-6,8-9H,7H2,1H3. The molecule has 3 aromatic rings. The number of pyridine rings is 1. The Morgan fingerprint density at radius 2 is 2.05 bits per heavy atom. The fourth-order valence-electron chi connectivity index (χ4n) is 2.54. The van der Waals surface area contributed by atoms with Crippen molar-refractivity contribution in [1.29, 1.82) is 0 Å². The summed E-state index contributed by atoms with van der Waals surface area (Å²) in [5.74, 6) is 0. The third kappa shape index (κ3) is 2.19. The molecular formula is C15H12ClN5. The predicted octanol–water partition coefficient (Wildman–Crippen LogP) is 1.73. The summed E-state index contributed by atoms with van der Waals surface area (Å²) in [6, 6.07) is 7.99. The highest BCUT2D eigenvalue weighted by Gasteiger charge is 2.07. The molecule has 5 nitrogen and oxygen atoms in total. The van der Waals surface area contributed by atoms with Gasteiger partial charge in [-0.2, -0.15) is 5.10 Å². The third-order valence-corrected chi connectivity index (χ3v) is 3.77. The fraction of sp³-hybridized carbons (Fsp3) is 0.200. The summed E-state index contributed by atoms with van der Waals surface area (Å²) in [6.45, 7) is 2.65. The van der Waals surface area contributed by atoms with Gasteiger partial charge in [0.1, 0.15) is 11.3 Å². The van der Waals surface area contributed by atoms with Crippen molar-refractivity contribution < 1.29 is 0 Å². The SMILES string of the molecule is CC1N=c2ccc(Cn3cc4c(Cl)nccc4n3)cc2=N1. The van der Waals surface area contributed by atoms with Crippen LogP contribution in [0.3, 0.4) is 0 Å². The van der Waals surface area contributed by atoms with Crippen molar-refractivity contribution >= 4 is 22.5 Å². The molecule has 0 N–H and O–H groups in total. The van der Waals surface area contributed by atoms with E-state index >= 15 is 0 Å². The summed E-state index contributed by atoms with van der Waals surface area (Å²) >= 11 is 6.07. The molecule has 1 aliphatic heterocycles. The molecule has 3 heterocycles. The summed E-state index contributed by atoms with van der Waals surface area (Å²) in [5.41, 5.74) is 1.99. The van der Waals surface area contributed by atoms with Gasteiger partial charge >= 0.3 is 0 Å². The van der Waals surface area contributed by atoms with E-state index in [1.807, 2.05) is 29.9 Å². The zero-order valence-corrected chi connectivity index (χ0v) is 12.1. The lowest BCUT2D eigenvalue weighted by Gasteiger charge is -2.00. The lowest BCUT2D eigenvalue weighted by atomic mass is 10.2. The average molecular weight is 298 g/mol. The van der Waals surface area contributed by atoms with Gasteiger partial charge in [-0.05, 0) is 30.7 Å². The van der Waals surface area contributed by atoms with E-state index in [0.717, 1.165) is 27.2 Å². The van der Waals surface area contributed by atoms with Crippen LogP contribution in [0, 0.1) is 0 Å². The lowest BCUT2D eigenvalue weighted by Crippen LogP contribution is -2.22.